The van der Waals surface area contributed by atoms with Crippen LogP contribution >= 0.6 is 0 Å². The first-order chi connectivity index (χ1) is 6.40. The Morgan fingerprint density at radius 1 is 1.36 bits per heavy atom. The lowest BCUT2D eigenvalue weighted by atomic mass is 9.89. The minimum atomic E-state index is -0.629. The molecule has 0 bridgehead atoms. The van der Waals surface area contributed by atoms with Crippen molar-refractivity contribution in [2.45, 2.75) is 71.7 Å². The van der Waals surface area contributed by atoms with Gasteiger partial charge < -0.3 is 9.84 Å². The average Bonchev–Trinajstić information content (AvgIpc) is 2.52. The normalized spacial score (nSPS) is 23.8. The zero-order valence-corrected chi connectivity index (χ0v) is 9.97. The molecule has 1 atom stereocenters. The van der Waals surface area contributed by atoms with Crippen LogP contribution in [0.3, 0.4) is 0 Å². The van der Waals surface area contributed by atoms with Crippen molar-refractivity contribution < 1.29 is 9.84 Å². The van der Waals surface area contributed by atoms with E-state index in [0.29, 0.717) is 0 Å². The lowest BCUT2D eigenvalue weighted by Gasteiger charge is -2.36. The van der Waals surface area contributed by atoms with E-state index in [-0.39, 0.29) is 11.0 Å². The number of rotatable bonds is 4. The number of hydrogen-bond acceptors (Lipinski definition) is 2. The van der Waals surface area contributed by atoms with Gasteiger partial charge in [0.05, 0.1) is 5.60 Å². The first-order valence-electron chi connectivity index (χ1n) is 5.75. The second-order valence-corrected chi connectivity index (χ2v) is 5.47. The Morgan fingerprint density at radius 2 is 1.86 bits per heavy atom. The summed E-state index contributed by atoms with van der Waals surface area (Å²) in [5, 5.41) is 9.98. The molecule has 0 amide bonds. The lowest BCUT2D eigenvalue weighted by Crippen LogP contribution is -2.39. The molecule has 1 rings (SSSR count). The molecule has 1 aliphatic carbocycles. The zero-order chi connectivity index (χ0) is 10.8. The fraction of sp³-hybridized carbons (Fsp3) is 1.00. The summed E-state index contributed by atoms with van der Waals surface area (Å²) in [5.74, 6) is 0. The van der Waals surface area contributed by atoms with E-state index in [1.165, 1.54) is 12.8 Å². The third-order valence-electron chi connectivity index (χ3n) is 3.64. The van der Waals surface area contributed by atoms with Gasteiger partial charge in [0, 0.05) is 5.41 Å². The van der Waals surface area contributed by atoms with E-state index in [4.69, 9.17) is 4.74 Å². The molecule has 1 N–H and O–H groups in total. The van der Waals surface area contributed by atoms with E-state index in [1.807, 2.05) is 0 Å². The molecule has 0 aliphatic heterocycles. The Labute approximate surface area is 87.7 Å². The SMILES string of the molecule is CCC(C)(C)C(O)OC1(C)CCCC1. The van der Waals surface area contributed by atoms with Crippen LogP contribution in [-0.4, -0.2) is 17.0 Å². The van der Waals surface area contributed by atoms with E-state index in [1.54, 1.807) is 0 Å². The third kappa shape index (κ3) is 2.71. The number of aliphatic hydroxyl groups excluding tert-OH is 1. The van der Waals surface area contributed by atoms with Crippen LogP contribution in [0.1, 0.15) is 59.8 Å². The Bertz CT molecular complexity index is 181. The summed E-state index contributed by atoms with van der Waals surface area (Å²) in [6.45, 7) is 8.31. The maximum Gasteiger partial charge on any atom is 0.160 e. The fourth-order valence-electron chi connectivity index (χ4n) is 1.84. The molecule has 0 aromatic rings. The van der Waals surface area contributed by atoms with E-state index in [0.717, 1.165) is 19.3 Å². The van der Waals surface area contributed by atoms with Gasteiger partial charge in [0.2, 0.25) is 0 Å². The molecule has 2 heteroatoms. The summed E-state index contributed by atoms with van der Waals surface area (Å²) in [7, 11) is 0. The molecule has 0 spiro atoms. The Balaban J connectivity index is 2.51. The van der Waals surface area contributed by atoms with Crippen LogP contribution < -0.4 is 0 Å². The van der Waals surface area contributed by atoms with Crippen LogP contribution in [0.2, 0.25) is 0 Å². The molecule has 0 saturated heterocycles. The summed E-state index contributed by atoms with van der Waals surface area (Å²) >= 11 is 0. The smallest absolute Gasteiger partial charge is 0.160 e. The standard InChI is InChI=1S/C12H24O2/c1-5-11(2,3)10(13)14-12(4)8-6-7-9-12/h10,13H,5-9H2,1-4H3. The van der Waals surface area contributed by atoms with Crippen LogP contribution in [-0.2, 0) is 4.74 Å². The molecule has 1 saturated carbocycles. The molecule has 84 valence electrons. The summed E-state index contributed by atoms with van der Waals surface area (Å²) in [5.41, 5.74) is -0.211. The Morgan fingerprint density at radius 3 is 2.29 bits per heavy atom. The van der Waals surface area contributed by atoms with Gasteiger partial charge in [-0.05, 0) is 26.2 Å². The van der Waals surface area contributed by atoms with Crippen LogP contribution in [0, 0.1) is 5.41 Å². The highest BCUT2D eigenvalue weighted by Gasteiger charge is 2.36. The van der Waals surface area contributed by atoms with Crippen molar-refractivity contribution in [3.8, 4) is 0 Å². The van der Waals surface area contributed by atoms with Crippen molar-refractivity contribution in [3.05, 3.63) is 0 Å². The monoisotopic (exact) mass is 200 g/mol. The van der Waals surface area contributed by atoms with Crippen molar-refractivity contribution in [3.63, 3.8) is 0 Å². The van der Waals surface area contributed by atoms with E-state index in [2.05, 4.69) is 27.7 Å². The fourth-order valence-corrected chi connectivity index (χ4v) is 1.84. The van der Waals surface area contributed by atoms with Crippen molar-refractivity contribution in [2.75, 3.05) is 0 Å². The molecular formula is C12H24O2. The lowest BCUT2D eigenvalue weighted by molar-refractivity contribution is -0.224. The largest absolute Gasteiger partial charge is 0.367 e. The van der Waals surface area contributed by atoms with Gasteiger partial charge in [-0.2, -0.15) is 0 Å². The Kier molecular flexibility index (Phi) is 3.59. The predicted molar refractivity (Wildman–Crippen MR) is 58.0 cm³/mol. The molecular weight excluding hydrogens is 176 g/mol. The molecule has 1 fully saturated rings. The summed E-state index contributed by atoms with van der Waals surface area (Å²) < 4.78 is 5.81. The van der Waals surface area contributed by atoms with Crippen LogP contribution in [0.15, 0.2) is 0 Å². The van der Waals surface area contributed by atoms with Gasteiger partial charge in [-0.25, -0.2) is 0 Å². The van der Waals surface area contributed by atoms with Gasteiger partial charge in [0.25, 0.3) is 0 Å². The Hall–Kier alpha value is -0.0800. The van der Waals surface area contributed by atoms with Gasteiger partial charge >= 0.3 is 0 Å². The molecule has 2 nitrogen and oxygen atoms in total. The molecule has 14 heavy (non-hydrogen) atoms. The predicted octanol–water partition coefficient (Wildman–Crippen LogP) is 3.09. The van der Waals surface area contributed by atoms with Gasteiger partial charge in [0.15, 0.2) is 6.29 Å². The minimum absolute atomic E-state index is 0.0775. The first kappa shape index (κ1) is 12.0. The quantitative estimate of drug-likeness (QED) is 0.707. The number of hydrogen-bond donors (Lipinski definition) is 1. The van der Waals surface area contributed by atoms with Crippen LogP contribution in [0.4, 0.5) is 0 Å². The van der Waals surface area contributed by atoms with Gasteiger partial charge in [-0.15, -0.1) is 0 Å². The number of ether oxygens (including phenoxy) is 1. The second-order valence-electron chi connectivity index (χ2n) is 5.47. The van der Waals surface area contributed by atoms with Gasteiger partial charge in [-0.1, -0.05) is 33.6 Å². The molecule has 0 aromatic heterocycles. The van der Waals surface area contributed by atoms with Crippen LogP contribution in [0.5, 0.6) is 0 Å². The van der Waals surface area contributed by atoms with Crippen molar-refractivity contribution >= 4 is 0 Å². The minimum Gasteiger partial charge on any atom is -0.367 e. The maximum atomic E-state index is 9.98. The van der Waals surface area contributed by atoms with Gasteiger partial charge in [0.1, 0.15) is 0 Å². The zero-order valence-electron chi connectivity index (χ0n) is 9.97. The highest BCUT2D eigenvalue weighted by molar-refractivity contribution is 4.83. The summed E-state index contributed by atoms with van der Waals surface area (Å²) in [6, 6.07) is 0. The van der Waals surface area contributed by atoms with Crippen molar-refractivity contribution in [2.24, 2.45) is 5.41 Å². The third-order valence-corrected chi connectivity index (χ3v) is 3.64. The topological polar surface area (TPSA) is 29.5 Å². The van der Waals surface area contributed by atoms with Crippen molar-refractivity contribution in [1.29, 1.82) is 0 Å². The molecule has 0 radical (unpaired) electrons. The highest BCUT2D eigenvalue weighted by Crippen LogP contribution is 2.37. The molecule has 0 aromatic carbocycles. The average molecular weight is 200 g/mol. The van der Waals surface area contributed by atoms with E-state index >= 15 is 0 Å². The number of aliphatic hydroxyl groups is 1. The summed E-state index contributed by atoms with van der Waals surface area (Å²) in [4.78, 5) is 0. The molecule has 1 aliphatic rings. The highest BCUT2D eigenvalue weighted by atomic mass is 16.6. The second kappa shape index (κ2) is 4.19. The van der Waals surface area contributed by atoms with E-state index in [9.17, 15) is 5.11 Å². The molecule has 1 unspecified atom stereocenters. The first-order valence-corrected chi connectivity index (χ1v) is 5.75. The summed E-state index contributed by atoms with van der Waals surface area (Å²) in [6.07, 6.45) is 4.94. The van der Waals surface area contributed by atoms with Crippen molar-refractivity contribution in [1.82, 2.24) is 0 Å². The van der Waals surface area contributed by atoms with Gasteiger partial charge in [-0.3, -0.25) is 0 Å². The molecule has 0 heterocycles. The van der Waals surface area contributed by atoms with Crippen LogP contribution in [0.25, 0.3) is 0 Å². The van der Waals surface area contributed by atoms with E-state index < -0.39 is 6.29 Å². The maximum absolute atomic E-state index is 9.98.